The van der Waals surface area contributed by atoms with Crippen LogP contribution in [0.2, 0.25) is 0 Å². The van der Waals surface area contributed by atoms with Crippen molar-refractivity contribution in [2.24, 2.45) is 7.05 Å². The van der Waals surface area contributed by atoms with Gasteiger partial charge < -0.3 is 10.6 Å². The van der Waals surface area contributed by atoms with E-state index in [1.54, 1.807) is 18.7 Å². The standard InChI is InChI=1S/C24H28N4O3S/c1-18-23(24(31)28(27(18)2)20-13-7-4-8-14-20)26-22(30)17-32-16-21(29)25-15-9-12-19-10-5-3-6-11-19/h3-8,10-11,13-14H,9,12,15-17H2,1-2H3,(H,25,29)(H,26,30). The molecule has 2 amide bonds. The number of para-hydroxylation sites is 1. The van der Waals surface area contributed by atoms with E-state index in [0.717, 1.165) is 18.5 Å². The Morgan fingerprint density at radius 2 is 1.56 bits per heavy atom. The molecule has 3 aromatic rings. The molecule has 0 radical (unpaired) electrons. The molecule has 1 heterocycles. The molecule has 0 aliphatic carbocycles. The molecule has 1 aromatic heterocycles. The van der Waals surface area contributed by atoms with Crippen LogP contribution in [0.15, 0.2) is 65.5 Å². The lowest BCUT2D eigenvalue weighted by Gasteiger charge is -2.07. The Morgan fingerprint density at radius 3 is 2.25 bits per heavy atom. The van der Waals surface area contributed by atoms with Gasteiger partial charge in [0.05, 0.1) is 22.9 Å². The summed E-state index contributed by atoms with van der Waals surface area (Å²) in [5.41, 5.74) is 2.60. The van der Waals surface area contributed by atoms with E-state index in [4.69, 9.17) is 0 Å². The van der Waals surface area contributed by atoms with Crippen LogP contribution in [0.5, 0.6) is 0 Å². The molecule has 0 unspecified atom stereocenters. The van der Waals surface area contributed by atoms with Crippen molar-refractivity contribution in [3.63, 3.8) is 0 Å². The number of nitrogens with one attached hydrogen (secondary N) is 2. The zero-order valence-corrected chi connectivity index (χ0v) is 19.2. The number of benzene rings is 2. The maximum atomic E-state index is 12.8. The van der Waals surface area contributed by atoms with Crippen LogP contribution in [0.3, 0.4) is 0 Å². The average molecular weight is 453 g/mol. The Morgan fingerprint density at radius 1 is 0.938 bits per heavy atom. The van der Waals surface area contributed by atoms with Crippen LogP contribution in [-0.4, -0.2) is 39.2 Å². The smallest absolute Gasteiger partial charge is 0.295 e. The van der Waals surface area contributed by atoms with Gasteiger partial charge >= 0.3 is 0 Å². The first-order chi connectivity index (χ1) is 15.5. The molecule has 0 saturated heterocycles. The second-order valence-corrected chi connectivity index (χ2v) is 8.40. The Bertz CT molecular complexity index is 1110. The van der Waals surface area contributed by atoms with Gasteiger partial charge in [0.2, 0.25) is 11.8 Å². The lowest BCUT2D eigenvalue weighted by atomic mass is 10.1. The largest absolute Gasteiger partial charge is 0.355 e. The van der Waals surface area contributed by atoms with Gasteiger partial charge in [-0.2, -0.15) is 0 Å². The quantitative estimate of drug-likeness (QED) is 0.463. The second-order valence-electron chi connectivity index (χ2n) is 7.42. The maximum absolute atomic E-state index is 12.8. The summed E-state index contributed by atoms with van der Waals surface area (Å²) in [6.07, 6.45) is 1.77. The summed E-state index contributed by atoms with van der Waals surface area (Å²) in [5.74, 6) is -0.117. The molecule has 0 aliphatic heterocycles. The van der Waals surface area contributed by atoms with Crippen molar-refractivity contribution in [3.8, 4) is 5.69 Å². The summed E-state index contributed by atoms with van der Waals surface area (Å²) < 4.78 is 3.23. The third kappa shape index (κ3) is 6.13. The van der Waals surface area contributed by atoms with Crippen molar-refractivity contribution in [1.82, 2.24) is 14.7 Å². The third-order valence-electron chi connectivity index (χ3n) is 5.09. The van der Waals surface area contributed by atoms with Gasteiger partial charge in [-0.05, 0) is 37.5 Å². The molecule has 0 aliphatic rings. The number of nitrogens with zero attached hydrogens (tertiary/aromatic N) is 2. The molecule has 3 rings (SSSR count). The topological polar surface area (TPSA) is 85.1 Å². The molecule has 32 heavy (non-hydrogen) atoms. The van der Waals surface area contributed by atoms with Crippen molar-refractivity contribution >= 4 is 29.3 Å². The van der Waals surface area contributed by atoms with Crippen molar-refractivity contribution < 1.29 is 9.59 Å². The van der Waals surface area contributed by atoms with Crippen LogP contribution >= 0.6 is 11.8 Å². The molecule has 168 valence electrons. The maximum Gasteiger partial charge on any atom is 0.295 e. The molecule has 0 spiro atoms. The highest BCUT2D eigenvalue weighted by atomic mass is 32.2. The zero-order chi connectivity index (χ0) is 22.9. The number of hydrogen-bond donors (Lipinski definition) is 2. The van der Waals surface area contributed by atoms with Crippen molar-refractivity contribution in [3.05, 3.63) is 82.3 Å². The van der Waals surface area contributed by atoms with E-state index in [1.807, 2.05) is 48.5 Å². The minimum Gasteiger partial charge on any atom is -0.355 e. The van der Waals surface area contributed by atoms with Crippen LogP contribution in [-0.2, 0) is 23.1 Å². The fraction of sp³-hybridized carbons (Fsp3) is 0.292. The van der Waals surface area contributed by atoms with Crippen molar-refractivity contribution in [2.45, 2.75) is 19.8 Å². The van der Waals surface area contributed by atoms with E-state index in [1.165, 1.54) is 22.0 Å². The zero-order valence-electron chi connectivity index (χ0n) is 18.3. The fourth-order valence-corrected chi connectivity index (χ4v) is 3.99. The molecule has 0 atom stereocenters. The Balaban J connectivity index is 1.43. The number of amides is 2. The van der Waals surface area contributed by atoms with E-state index in [-0.39, 0.29) is 34.6 Å². The van der Waals surface area contributed by atoms with E-state index < -0.39 is 0 Å². The summed E-state index contributed by atoms with van der Waals surface area (Å²) in [4.78, 5) is 37.2. The molecule has 0 saturated carbocycles. The number of anilines is 1. The Kier molecular flexibility index (Phi) is 8.33. The van der Waals surface area contributed by atoms with E-state index in [2.05, 4.69) is 22.8 Å². The molecule has 2 aromatic carbocycles. The van der Waals surface area contributed by atoms with Crippen molar-refractivity contribution in [2.75, 3.05) is 23.4 Å². The first-order valence-corrected chi connectivity index (χ1v) is 11.6. The van der Waals surface area contributed by atoms with Gasteiger partial charge in [0.15, 0.2) is 0 Å². The Labute approximate surface area is 191 Å². The summed E-state index contributed by atoms with van der Waals surface area (Å²) in [5, 5.41) is 5.58. The van der Waals surface area contributed by atoms with Gasteiger partial charge in [0, 0.05) is 13.6 Å². The number of hydrogen-bond acceptors (Lipinski definition) is 4. The van der Waals surface area contributed by atoms with Gasteiger partial charge in [0.1, 0.15) is 5.69 Å². The number of rotatable bonds is 10. The summed E-state index contributed by atoms with van der Waals surface area (Å²) >= 11 is 1.22. The first-order valence-electron chi connectivity index (χ1n) is 10.5. The minimum absolute atomic E-state index is 0.0938. The van der Waals surface area contributed by atoms with Gasteiger partial charge in [-0.25, -0.2) is 4.68 Å². The normalized spacial score (nSPS) is 10.7. The number of aryl methyl sites for hydroxylation is 1. The van der Waals surface area contributed by atoms with Crippen LogP contribution in [0.4, 0.5) is 5.69 Å². The van der Waals surface area contributed by atoms with Crippen LogP contribution < -0.4 is 16.2 Å². The fourth-order valence-electron chi connectivity index (χ4n) is 3.34. The number of thioether (sulfide) groups is 1. The lowest BCUT2D eigenvalue weighted by molar-refractivity contribution is -0.118. The second kappa shape index (κ2) is 11.4. The molecule has 7 nitrogen and oxygen atoms in total. The summed E-state index contributed by atoms with van der Waals surface area (Å²) in [6, 6.07) is 19.4. The molecule has 8 heteroatoms. The number of carbonyl (C=O) groups is 2. The van der Waals surface area contributed by atoms with Crippen LogP contribution in [0.25, 0.3) is 5.69 Å². The molecular weight excluding hydrogens is 424 g/mol. The first kappa shape index (κ1) is 23.4. The minimum atomic E-state index is -0.308. The highest BCUT2D eigenvalue weighted by Crippen LogP contribution is 2.14. The van der Waals surface area contributed by atoms with Crippen LogP contribution in [0, 0.1) is 6.92 Å². The number of carbonyl (C=O) groups excluding carboxylic acids is 2. The van der Waals surface area contributed by atoms with Gasteiger partial charge in [0.25, 0.3) is 5.56 Å². The van der Waals surface area contributed by atoms with E-state index >= 15 is 0 Å². The third-order valence-corrected chi connectivity index (χ3v) is 6.02. The highest BCUT2D eigenvalue weighted by Gasteiger charge is 2.18. The monoisotopic (exact) mass is 452 g/mol. The Hall–Kier alpha value is -3.26. The molecule has 0 fully saturated rings. The van der Waals surface area contributed by atoms with Crippen molar-refractivity contribution in [1.29, 1.82) is 0 Å². The van der Waals surface area contributed by atoms with E-state index in [0.29, 0.717) is 12.2 Å². The average Bonchev–Trinajstić information content (AvgIpc) is 3.01. The van der Waals surface area contributed by atoms with Gasteiger partial charge in [-0.1, -0.05) is 48.5 Å². The molecule has 0 bridgehead atoms. The highest BCUT2D eigenvalue weighted by molar-refractivity contribution is 8.00. The molecular formula is C24H28N4O3S. The van der Waals surface area contributed by atoms with E-state index in [9.17, 15) is 14.4 Å². The number of aromatic nitrogens is 2. The van der Waals surface area contributed by atoms with Gasteiger partial charge in [-0.3, -0.25) is 19.1 Å². The van der Waals surface area contributed by atoms with Crippen LogP contribution in [0.1, 0.15) is 17.7 Å². The summed E-state index contributed by atoms with van der Waals surface area (Å²) in [6.45, 7) is 2.38. The summed E-state index contributed by atoms with van der Waals surface area (Å²) in [7, 11) is 1.77. The SMILES string of the molecule is Cc1c(NC(=O)CSCC(=O)NCCCc2ccccc2)c(=O)n(-c2ccccc2)n1C. The predicted molar refractivity (Wildman–Crippen MR) is 129 cm³/mol. The molecule has 2 N–H and O–H groups in total. The predicted octanol–water partition coefficient (Wildman–Crippen LogP) is 2.91. The van der Waals surface area contributed by atoms with Gasteiger partial charge in [-0.15, -0.1) is 11.8 Å². The lowest BCUT2D eigenvalue weighted by Crippen LogP contribution is -2.27.